The van der Waals surface area contributed by atoms with E-state index >= 15 is 0 Å². The first-order valence-corrected chi connectivity index (χ1v) is 8.71. The molecule has 2 heterocycles. The van der Waals surface area contributed by atoms with E-state index in [0.717, 1.165) is 16.8 Å². The molecular formula is C22H19N3O2. The molecule has 27 heavy (non-hydrogen) atoms. The monoisotopic (exact) mass is 357 g/mol. The SMILES string of the molecule is COc1ccc2c(=O)[nH]c(Cc3ccc(-c4cccc(C)c4)nc3)nc2c1. The molecular weight excluding hydrogens is 338 g/mol. The molecule has 0 aliphatic rings. The van der Waals surface area contributed by atoms with Crippen molar-refractivity contribution >= 4 is 10.9 Å². The third-order valence-corrected chi connectivity index (χ3v) is 4.47. The van der Waals surface area contributed by atoms with E-state index in [1.807, 2.05) is 30.5 Å². The average Bonchev–Trinajstić information content (AvgIpc) is 2.68. The smallest absolute Gasteiger partial charge is 0.258 e. The number of pyridine rings is 1. The van der Waals surface area contributed by atoms with E-state index < -0.39 is 0 Å². The highest BCUT2D eigenvalue weighted by atomic mass is 16.5. The number of rotatable bonds is 4. The summed E-state index contributed by atoms with van der Waals surface area (Å²) >= 11 is 0. The van der Waals surface area contributed by atoms with Gasteiger partial charge >= 0.3 is 0 Å². The normalized spacial score (nSPS) is 10.9. The van der Waals surface area contributed by atoms with Gasteiger partial charge in [-0.15, -0.1) is 0 Å². The second kappa shape index (κ2) is 7.03. The van der Waals surface area contributed by atoms with Crippen LogP contribution >= 0.6 is 0 Å². The van der Waals surface area contributed by atoms with Gasteiger partial charge in [0.2, 0.25) is 0 Å². The molecule has 0 saturated carbocycles. The van der Waals surface area contributed by atoms with Crippen LogP contribution in [0.25, 0.3) is 22.2 Å². The molecule has 2 aromatic heterocycles. The lowest BCUT2D eigenvalue weighted by atomic mass is 10.1. The Morgan fingerprint density at radius 2 is 1.96 bits per heavy atom. The van der Waals surface area contributed by atoms with E-state index in [-0.39, 0.29) is 5.56 Å². The van der Waals surface area contributed by atoms with E-state index in [1.54, 1.807) is 25.3 Å². The van der Waals surface area contributed by atoms with Crippen molar-refractivity contribution < 1.29 is 4.74 Å². The minimum Gasteiger partial charge on any atom is -0.497 e. The van der Waals surface area contributed by atoms with Gasteiger partial charge in [-0.3, -0.25) is 9.78 Å². The zero-order valence-corrected chi connectivity index (χ0v) is 15.2. The lowest BCUT2D eigenvalue weighted by Crippen LogP contribution is -2.12. The van der Waals surface area contributed by atoms with E-state index in [0.29, 0.717) is 28.9 Å². The van der Waals surface area contributed by atoms with Crippen LogP contribution in [-0.4, -0.2) is 22.1 Å². The largest absolute Gasteiger partial charge is 0.497 e. The summed E-state index contributed by atoms with van der Waals surface area (Å²) in [7, 11) is 1.59. The van der Waals surface area contributed by atoms with Gasteiger partial charge in [-0.25, -0.2) is 4.98 Å². The first kappa shape index (κ1) is 17.0. The molecule has 0 aliphatic heterocycles. The van der Waals surface area contributed by atoms with Crippen LogP contribution < -0.4 is 10.3 Å². The van der Waals surface area contributed by atoms with Crippen molar-refractivity contribution in [2.75, 3.05) is 7.11 Å². The highest BCUT2D eigenvalue weighted by molar-refractivity contribution is 5.79. The molecule has 0 spiro atoms. The number of H-pyrrole nitrogens is 1. The number of fused-ring (bicyclic) bond motifs is 1. The molecule has 2 aromatic carbocycles. The number of hydrogen-bond acceptors (Lipinski definition) is 4. The van der Waals surface area contributed by atoms with Crippen LogP contribution in [0.2, 0.25) is 0 Å². The van der Waals surface area contributed by atoms with E-state index in [2.05, 4.69) is 34.0 Å². The fraction of sp³-hybridized carbons (Fsp3) is 0.136. The zero-order chi connectivity index (χ0) is 18.8. The predicted octanol–water partition coefficient (Wildman–Crippen LogP) is 3.89. The zero-order valence-electron chi connectivity index (χ0n) is 15.2. The lowest BCUT2D eigenvalue weighted by molar-refractivity contribution is 0.415. The lowest BCUT2D eigenvalue weighted by Gasteiger charge is -2.06. The van der Waals surface area contributed by atoms with Crippen molar-refractivity contribution in [3.05, 3.63) is 88.1 Å². The van der Waals surface area contributed by atoms with Crippen LogP contribution in [0, 0.1) is 6.92 Å². The van der Waals surface area contributed by atoms with Gasteiger partial charge in [0.1, 0.15) is 11.6 Å². The molecule has 5 heteroatoms. The number of hydrogen-bond donors (Lipinski definition) is 1. The van der Waals surface area contributed by atoms with Crippen LogP contribution in [0.3, 0.4) is 0 Å². The first-order valence-electron chi connectivity index (χ1n) is 8.71. The van der Waals surface area contributed by atoms with Gasteiger partial charge in [0.15, 0.2) is 0 Å². The molecule has 4 rings (SSSR count). The average molecular weight is 357 g/mol. The molecule has 0 radical (unpaired) electrons. The van der Waals surface area contributed by atoms with Crippen molar-refractivity contribution in [1.29, 1.82) is 0 Å². The van der Waals surface area contributed by atoms with E-state index in [9.17, 15) is 4.79 Å². The maximum atomic E-state index is 12.3. The fourth-order valence-corrected chi connectivity index (χ4v) is 3.08. The van der Waals surface area contributed by atoms with Gasteiger partial charge in [0.25, 0.3) is 5.56 Å². The van der Waals surface area contributed by atoms with Gasteiger partial charge in [-0.05, 0) is 36.8 Å². The second-order valence-corrected chi connectivity index (χ2v) is 6.49. The number of aromatic nitrogens is 3. The Morgan fingerprint density at radius 1 is 1.07 bits per heavy atom. The Hall–Kier alpha value is -3.47. The first-order chi connectivity index (χ1) is 13.1. The Morgan fingerprint density at radius 3 is 2.70 bits per heavy atom. The van der Waals surface area contributed by atoms with Crippen molar-refractivity contribution in [2.45, 2.75) is 13.3 Å². The summed E-state index contributed by atoms with van der Waals surface area (Å²) in [6.45, 7) is 2.06. The summed E-state index contributed by atoms with van der Waals surface area (Å²) in [5.41, 5.74) is 4.67. The number of aryl methyl sites for hydroxylation is 1. The van der Waals surface area contributed by atoms with Crippen LogP contribution in [0.1, 0.15) is 17.0 Å². The van der Waals surface area contributed by atoms with Crippen LogP contribution in [0.5, 0.6) is 5.75 Å². The van der Waals surface area contributed by atoms with Gasteiger partial charge < -0.3 is 9.72 Å². The molecule has 0 unspecified atom stereocenters. The quantitative estimate of drug-likeness (QED) is 0.602. The van der Waals surface area contributed by atoms with Crippen molar-refractivity contribution in [2.24, 2.45) is 0 Å². The predicted molar refractivity (Wildman–Crippen MR) is 106 cm³/mol. The summed E-state index contributed by atoms with van der Waals surface area (Å²) in [5, 5.41) is 0.549. The summed E-state index contributed by atoms with van der Waals surface area (Å²) in [6.07, 6.45) is 2.33. The van der Waals surface area contributed by atoms with E-state index in [4.69, 9.17) is 4.74 Å². The maximum absolute atomic E-state index is 12.3. The Bertz CT molecular complexity index is 1160. The van der Waals surface area contributed by atoms with Crippen molar-refractivity contribution in [3.63, 3.8) is 0 Å². The molecule has 4 aromatic rings. The highest BCUT2D eigenvalue weighted by Gasteiger charge is 2.07. The Labute approximate surface area is 156 Å². The fourth-order valence-electron chi connectivity index (χ4n) is 3.08. The Kier molecular flexibility index (Phi) is 4.42. The molecule has 0 fully saturated rings. The number of benzene rings is 2. The van der Waals surface area contributed by atoms with Crippen molar-refractivity contribution in [3.8, 4) is 17.0 Å². The standard InChI is InChI=1S/C22H19N3O2/c1-14-4-3-5-16(10-14)19-9-6-15(13-23-19)11-21-24-20-12-17(27-2)7-8-18(20)22(26)25-21/h3-10,12-13H,11H2,1-2H3,(H,24,25,26). The summed E-state index contributed by atoms with van der Waals surface area (Å²) in [6, 6.07) is 17.5. The highest BCUT2D eigenvalue weighted by Crippen LogP contribution is 2.20. The summed E-state index contributed by atoms with van der Waals surface area (Å²) in [5.74, 6) is 1.28. The minimum atomic E-state index is -0.151. The van der Waals surface area contributed by atoms with Crippen LogP contribution in [0.4, 0.5) is 0 Å². The molecule has 5 nitrogen and oxygen atoms in total. The summed E-state index contributed by atoms with van der Waals surface area (Å²) in [4.78, 5) is 24.3. The third-order valence-electron chi connectivity index (χ3n) is 4.47. The molecule has 1 N–H and O–H groups in total. The van der Waals surface area contributed by atoms with Gasteiger partial charge in [0.05, 0.1) is 23.7 Å². The minimum absolute atomic E-state index is 0.151. The second-order valence-electron chi connectivity index (χ2n) is 6.49. The number of nitrogens with zero attached hydrogens (tertiary/aromatic N) is 2. The molecule has 0 atom stereocenters. The number of aromatic amines is 1. The van der Waals surface area contributed by atoms with E-state index in [1.165, 1.54) is 5.56 Å². The van der Waals surface area contributed by atoms with Gasteiger partial charge in [0, 0.05) is 24.2 Å². The number of ether oxygens (including phenoxy) is 1. The number of methoxy groups -OCH3 is 1. The number of nitrogens with one attached hydrogen (secondary N) is 1. The van der Waals surface area contributed by atoms with Crippen molar-refractivity contribution in [1.82, 2.24) is 15.0 Å². The molecule has 0 aliphatic carbocycles. The van der Waals surface area contributed by atoms with Crippen LogP contribution in [-0.2, 0) is 6.42 Å². The van der Waals surface area contributed by atoms with Crippen LogP contribution in [0.15, 0.2) is 65.6 Å². The third kappa shape index (κ3) is 3.58. The molecule has 0 bridgehead atoms. The van der Waals surface area contributed by atoms with Gasteiger partial charge in [-0.2, -0.15) is 0 Å². The molecule has 134 valence electrons. The molecule has 0 amide bonds. The van der Waals surface area contributed by atoms with Gasteiger partial charge in [-0.1, -0.05) is 29.8 Å². The topological polar surface area (TPSA) is 67.9 Å². The Balaban J connectivity index is 1.63. The summed E-state index contributed by atoms with van der Waals surface area (Å²) < 4.78 is 5.22. The molecule has 0 saturated heterocycles. The maximum Gasteiger partial charge on any atom is 0.258 e.